The number of nitrogens with two attached hydrogens (primary N) is 1. The number of unbranched alkanes of at least 4 members (excludes halogenated alkanes) is 2. The number of benzene rings is 2. The lowest BCUT2D eigenvalue weighted by Gasteiger charge is -2.09. The zero-order valence-electron chi connectivity index (χ0n) is 12.9. The molecule has 0 bridgehead atoms. The van der Waals surface area contributed by atoms with Gasteiger partial charge in [-0.15, -0.1) is 0 Å². The Balaban J connectivity index is 1.85. The minimum Gasteiger partial charge on any atom is -0.456 e. The quantitative estimate of drug-likeness (QED) is 0.695. The Bertz CT molecular complexity index is 629. The molecule has 0 aliphatic rings. The molecular weight excluding hydrogens is 312 g/mol. The van der Waals surface area contributed by atoms with Gasteiger partial charge in [0.15, 0.2) is 0 Å². The number of rotatable bonds is 8. The van der Waals surface area contributed by atoms with E-state index in [1.807, 2.05) is 24.3 Å². The molecule has 1 amide bonds. The van der Waals surface area contributed by atoms with E-state index in [0.29, 0.717) is 29.5 Å². The number of anilines is 1. The van der Waals surface area contributed by atoms with Crippen molar-refractivity contribution in [1.82, 2.24) is 0 Å². The summed E-state index contributed by atoms with van der Waals surface area (Å²) in [5.74, 6) is 1.28. The maximum absolute atomic E-state index is 11.8. The third-order valence-electron chi connectivity index (χ3n) is 3.31. The van der Waals surface area contributed by atoms with E-state index in [-0.39, 0.29) is 5.91 Å². The highest BCUT2D eigenvalue weighted by atomic mass is 35.5. The molecule has 0 heterocycles. The van der Waals surface area contributed by atoms with Crippen LogP contribution < -0.4 is 15.8 Å². The lowest BCUT2D eigenvalue weighted by atomic mass is 10.2. The molecule has 0 aliphatic carbocycles. The van der Waals surface area contributed by atoms with E-state index < -0.39 is 0 Å². The number of hydrogen-bond donors (Lipinski definition) is 2. The van der Waals surface area contributed by atoms with Crippen molar-refractivity contribution in [2.24, 2.45) is 5.73 Å². The summed E-state index contributed by atoms with van der Waals surface area (Å²) in [6.45, 7) is 0.675. The van der Waals surface area contributed by atoms with Crippen LogP contribution in [0.25, 0.3) is 0 Å². The molecule has 0 radical (unpaired) electrons. The minimum atomic E-state index is 0.0155. The van der Waals surface area contributed by atoms with Crippen LogP contribution >= 0.6 is 11.6 Å². The van der Waals surface area contributed by atoms with Gasteiger partial charge in [0.25, 0.3) is 0 Å². The van der Waals surface area contributed by atoms with Gasteiger partial charge in [0.2, 0.25) is 5.91 Å². The van der Waals surface area contributed by atoms with Crippen LogP contribution in [0.2, 0.25) is 5.02 Å². The highest BCUT2D eigenvalue weighted by Crippen LogP contribution is 2.29. The Labute approximate surface area is 141 Å². The Morgan fingerprint density at radius 2 is 1.78 bits per heavy atom. The van der Waals surface area contributed by atoms with Crippen LogP contribution in [0, 0.1) is 0 Å². The topological polar surface area (TPSA) is 64.4 Å². The van der Waals surface area contributed by atoms with Gasteiger partial charge in [-0.2, -0.15) is 0 Å². The first-order chi connectivity index (χ1) is 11.2. The van der Waals surface area contributed by atoms with Crippen LogP contribution in [0.15, 0.2) is 48.5 Å². The molecule has 2 rings (SSSR count). The fourth-order valence-corrected chi connectivity index (χ4v) is 2.27. The molecule has 4 nitrogen and oxygen atoms in total. The molecule has 2 aromatic rings. The molecule has 0 unspecified atom stereocenters. The summed E-state index contributed by atoms with van der Waals surface area (Å²) >= 11 is 6.06. The molecule has 0 aromatic heterocycles. The first-order valence-electron chi connectivity index (χ1n) is 7.71. The van der Waals surface area contributed by atoms with Crippen LogP contribution in [-0.2, 0) is 4.79 Å². The second-order valence-corrected chi connectivity index (χ2v) is 5.61. The largest absolute Gasteiger partial charge is 0.456 e. The van der Waals surface area contributed by atoms with Crippen molar-refractivity contribution in [1.29, 1.82) is 0 Å². The molecule has 122 valence electrons. The number of amides is 1. The van der Waals surface area contributed by atoms with Crippen LogP contribution in [0.3, 0.4) is 0 Å². The van der Waals surface area contributed by atoms with Crippen molar-refractivity contribution < 1.29 is 9.53 Å². The molecule has 3 N–H and O–H groups in total. The second-order valence-electron chi connectivity index (χ2n) is 5.20. The number of para-hydroxylation sites is 1. The number of halogens is 1. The first kappa shape index (κ1) is 17.3. The smallest absolute Gasteiger partial charge is 0.224 e. The van der Waals surface area contributed by atoms with E-state index in [1.165, 1.54) is 0 Å². The predicted octanol–water partition coefficient (Wildman–Crippen LogP) is 4.59. The minimum absolute atomic E-state index is 0.0155. The van der Waals surface area contributed by atoms with Gasteiger partial charge in [-0.05, 0) is 55.8 Å². The van der Waals surface area contributed by atoms with Crippen LogP contribution in [0.4, 0.5) is 5.69 Å². The zero-order valence-corrected chi connectivity index (χ0v) is 13.7. The number of carbonyl (C=O) groups excluding carboxylic acids is 1. The Hall–Kier alpha value is -2.04. The fraction of sp³-hybridized carbons (Fsp3) is 0.278. The van der Waals surface area contributed by atoms with Gasteiger partial charge in [0, 0.05) is 12.1 Å². The Morgan fingerprint density at radius 1 is 1.04 bits per heavy atom. The normalized spacial score (nSPS) is 10.3. The maximum atomic E-state index is 11.8. The van der Waals surface area contributed by atoms with E-state index >= 15 is 0 Å². The monoisotopic (exact) mass is 332 g/mol. The highest BCUT2D eigenvalue weighted by Gasteiger charge is 2.04. The van der Waals surface area contributed by atoms with E-state index in [4.69, 9.17) is 22.1 Å². The van der Waals surface area contributed by atoms with Gasteiger partial charge in [0.05, 0.1) is 5.02 Å². The summed E-state index contributed by atoms with van der Waals surface area (Å²) in [6, 6.07) is 14.5. The third kappa shape index (κ3) is 5.93. The molecule has 0 saturated carbocycles. The molecule has 0 fully saturated rings. The van der Waals surface area contributed by atoms with Crippen molar-refractivity contribution in [3.05, 3.63) is 53.6 Å². The van der Waals surface area contributed by atoms with Crippen molar-refractivity contribution >= 4 is 23.2 Å². The third-order valence-corrected chi connectivity index (χ3v) is 3.62. The predicted molar refractivity (Wildman–Crippen MR) is 94.1 cm³/mol. The molecule has 2 aromatic carbocycles. The van der Waals surface area contributed by atoms with Gasteiger partial charge < -0.3 is 15.8 Å². The number of carbonyl (C=O) groups is 1. The van der Waals surface area contributed by atoms with Crippen LogP contribution in [0.5, 0.6) is 11.5 Å². The summed E-state index contributed by atoms with van der Waals surface area (Å²) in [4.78, 5) is 11.8. The van der Waals surface area contributed by atoms with Gasteiger partial charge in [-0.1, -0.05) is 30.2 Å². The van der Waals surface area contributed by atoms with Gasteiger partial charge in [-0.3, -0.25) is 4.79 Å². The van der Waals surface area contributed by atoms with Gasteiger partial charge >= 0.3 is 0 Å². The molecule has 23 heavy (non-hydrogen) atoms. The summed E-state index contributed by atoms with van der Waals surface area (Å²) in [6.07, 6.45) is 3.31. The van der Waals surface area contributed by atoms with E-state index in [0.717, 1.165) is 24.9 Å². The van der Waals surface area contributed by atoms with E-state index in [2.05, 4.69) is 5.32 Å². The lowest BCUT2D eigenvalue weighted by Crippen LogP contribution is -2.11. The summed E-state index contributed by atoms with van der Waals surface area (Å²) in [5.41, 5.74) is 6.18. The van der Waals surface area contributed by atoms with Crippen LogP contribution in [-0.4, -0.2) is 12.5 Å². The Kier molecular flexibility index (Phi) is 6.91. The fourth-order valence-electron chi connectivity index (χ4n) is 2.09. The summed E-state index contributed by atoms with van der Waals surface area (Å²) in [7, 11) is 0. The van der Waals surface area contributed by atoms with Gasteiger partial charge in [0.1, 0.15) is 11.5 Å². The van der Waals surface area contributed by atoms with Crippen molar-refractivity contribution in [3.63, 3.8) is 0 Å². The Morgan fingerprint density at radius 3 is 2.48 bits per heavy atom. The van der Waals surface area contributed by atoms with Crippen molar-refractivity contribution in [2.75, 3.05) is 11.9 Å². The van der Waals surface area contributed by atoms with E-state index in [9.17, 15) is 4.79 Å². The summed E-state index contributed by atoms with van der Waals surface area (Å²) < 4.78 is 5.70. The SMILES string of the molecule is NCCCCCC(=O)Nc1ccc(Oc2ccccc2Cl)cc1. The number of ether oxygens (including phenoxy) is 1. The zero-order chi connectivity index (χ0) is 16.5. The average molecular weight is 333 g/mol. The number of nitrogens with one attached hydrogen (secondary N) is 1. The molecule has 0 spiro atoms. The van der Waals surface area contributed by atoms with E-state index in [1.54, 1.807) is 24.3 Å². The standard InChI is InChI=1S/C18H21ClN2O2/c19-16-6-3-4-7-17(16)23-15-11-9-14(10-12-15)21-18(22)8-2-1-5-13-20/h3-4,6-7,9-12H,1-2,5,8,13,20H2,(H,21,22). The van der Waals surface area contributed by atoms with Crippen molar-refractivity contribution in [3.8, 4) is 11.5 Å². The maximum Gasteiger partial charge on any atom is 0.224 e. The van der Waals surface area contributed by atoms with Crippen molar-refractivity contribution in [2.45, 2.75) is 25.7 Å². The molecule has 0 saturated heterocycles. The number of hydrogen-bond acceptors (Lipinski definition) is 3. The molecule has 0 aliphatic heterocycles. The molecule has 0 atom stereocenters. The molecule has 5 heteroatoms. The van der Waals surface area contributed by atoms with Crippen LogP contribution in [0.1, 0.15) is 25.7 Å². The highest BCUT2D eigenvalue weighted by molar-refractivity contribution is 6.32. The van der Waals surface area contributed by atoms with Gasteiger partial charge in [-0.25, -0.2) is 0 Å². The average Bonchev–Trinajstić information content (AvgIpc) is 2.55. The second kappa shape index (κ2) is 9.18. The lowest BCUT2D eigenvalue weighted by molar-refractivity contribution is -0.116. The molecular formula is C18H21ClN2O2. The summed E-state index contributed by atoms with van der Waals surface area (Å²) in [5, 5.41) is 3.43. The first-order valence-corrected chi connectivity index (χ1v) is 8.09.